The maximum absolute atomic E-state index is 4.29. The molecule has 1 heterocycles. The summed E-state index contributed by atoms with van der Waals surface area (Å²) in [7, 11) is 1.82. The van der Waals surface area contributed by atoms with Crippen LogP contribution in [0, 0.1) is 5.92 Å². The van der Waals surface area contributed by atoms with E-state index < -0.39 is 0 Å². The zero-order valence-corrected chi connectivity index (χ0v) is 8.45. The van der Waals surface area contributed by atoms with Crippen molar-refractivity contribution in [3.63, 3.8) is 0 Å². The van der Waals surface area contributed by atoms with Crippen molar-refractivity contribution in [2.75, 3.05) is 24.2 Å². The average molecular weight is 192 g/mol. The summed E-state index contributed by atoms with van der Waals surface area (Å²) in [6.07, 6.45) is 5.87. The summed E-state index contributed by atoms with van der Waals surface area (Å²) in [5.74, 6) is 2.43. The van der Waals surface area contributed by atoms with Crippen molar-refractivity contribution in [1.29, 1.82) is 0 Å². The summed E-state index contributed by atoms with van der Waals surface area (Å²) < 4.78 is 0. The van der Waals surface area contributed by atoms with Gasteiger partial charge in [0.05, 0.1) is 0 Å². The minimum atomic E-state index is 0.670. The molecule has 0 spiro atoms. The third-order valence-corrected chi connectivity index (χ3v) is 2.68. The molecule has 0 radical (unpaired) electrons. The fourth-order valence-electron chi connectivity index (χ4n) is 1.52. The zero-order valence-electron chi connectivity index (χ0n) is 8.45. The van der Waals surface area contributed by atoms with Crippen molar-refractivity contribution in [2.24, 2.45) is 5.92 Å². The molecule has 2 N–H and O–H groups in total. The molecule has 76 valence electrons. The molecule has 0 aliphatic heterocycles. The molecule has 0 unspecified atom stereocenters. The van der Waals surface area contributed by atoms with E-state index in [0.717, 1.165) is 18.3 Å². The van der Waals surface area contributed by atoms with Gasteiger partial charge in [0.25, 0.3) is 0 Å². The quantitative estimate of drug-likeness (QED) is 0.762. The fraction of sp³-hybridized carbons (Fsp3) is 0.600. The minimum absolute atomic E-state index is 0.670. The summed E-state index contributed by atoms with van der Waals surface area (Å²) >= 11 is 0. The summed E-state index contributed by atoms with van der Waals surface area (Å²) in [5, 5.41) is 6.25. The second-order valence-electron chi connectivity index (χ2n) is 3.69. The zero-order chi connectivity index (χ0) is 9.80. The van der Waals surface area contributed by atoms with Crippen molar-refractivity contribution in [3.8, 4) is 0 Å². The molecule has 1 aromatic rings. The number of rotatable bonds is 4. The van der Waals surface area contributed by atoms with Crippen molar-refractivity contribution in [1.82, 2.24) is 9.97 Å². The second kappa shape index (κ2) is 4.26. The Kier molecular flexibility index (Phi) is 2.81. The van der Waals surface area contributed by atoms with Crippen LogP contribution in [0.1, 0.15) is 19.3 Å². The van der Waals surface area contributed by atoms with Crippen molar-refractivity contribution in [3.05, 3.63) is 12.3 Å². The fourth-order valence-corrected chi connectivity index (χ4v) is 1.52. The Balaban J connectivity index is 1.87. The third kappa shape index (κ3) is 2.13. The van der Waals surface area contributed by atoms with E-state index in [1.807, 2.05) is 13.1 Å². The maximum Gasteiger partial charge on any atom is 0.224 e. The molecule has 0 atom stereocenters. The van der Waals surface area contributed by atoms with Crippen LogP contribution in [0.5, 0.6) is 0 Å². The van der Waals surface area contributed by atoms with Crippen LogP contribution >= 0.6 is 0 Å². The lowest BCUT2D eigenvalue weighted by molar-refractivity contribution is 0.333. The highest BCUT2D eigenvalue weighted by Gasteiger charge is 2.16. The predicted molar refractivity (Wildman–Crippen MR) is 57.4 cm³/mol. The molecular weight excluding hydrogens is 176 g/mol. The van der Waals surface area contributed by atoms with Gasteiger partial charge in [-0.2, -0.15) is 4.98 Å². The van der Waals surface area contributed by atoms with Gasteiger partial charge in [0.15, 0.2) is 0 Å². The summed E-state index contributed by atoms with van der Waals surface area (Å²) in [6.45, 7) is 1.04. The normalized spacial score (nSPS) is 16.1. The second-order valence-corrected chi connectivity index (χ2v) is 3.69. The Morgan fingerprint density at radius 2 is 2.36 bits per heavy atom. The Morgan fingerprint density at radius 1 is 1.50 bits per heavy atom. The summed E-state index contributed by atoms with van der Waals surface area (Å²) in [4.78, 5) is 8.35. The van der Waals surface area contributed by atoms with Gasteiger partial charge in [0.2, 0.25) is 5.95 Å². The van der Waals surface area contributed by atoms with Crippen LogP contribution in [0.4, 0.5) is 11.8 Å². The maximum atomic E-state index is 4.29. The highest BCUT2D eigenvalue weighted by Crippen LogP contribution is 2.26. The number of nitrogens with zero attached hydrogens (tertiary/aromatic N) is 2. The van der Waals surface area contributed by atoms with Crippen LogP contribution in [0.2, 0.25) is 0 Å². The molecular formula is C10H16N4. The Labute approximate surface area is 84.2 Å². The van der Waals surface area contributed by atoms with Crippen LogP contribution in [0.3, 0.4) is 0 Å². The molecule has 1 aromatic heterocycles. The molecule has 0 amide bonds. The van der Waals surface area contributed by atoms with Gasteiger partial charge < -0.3 is 10.6 Å². The van der Waals surface area contributed by atoms with Crippen LogP contribution in [-0.4, -0.2) is 23.6 Å². The average Bonchev–Trinajstić information content (AvgIpc) is 2.16. The van der Waals surface area contributed by atoms with Gasteiger partial charge in [0, 0.05) is 19.8 Å². The van der Waals surface area contributed by atoms with Crippen LogP contribution in [-0.2, 0) is 0 Å². The highest BCUT2D eigenvalue weighted by atomic mass is 15.1. The van der Waals surface area contributed by atoms with Gasteiger partial charge >= 0.3 is 0 Å². The van der Waals surface area contributed by atoms with E-state index in [1.54, 1.807) is 6.20 Å². The Bertz CT molecular complexity index is 296. The number of aromatic nitrogens is 2. The van der Waals surface area contributed by atoms with E-state index in [-0.39, 0.29) is 0 Å². The molecule has 4 heteroatoms. The van der Waals surface area contributed by atoms with Crippen molar-refractivity contribution < 1.29 is 0 Å². The first kappa shape index (κ1) is 9.24. The van der Waals surface area contributed by atoms with Gasteiger partial charge in [-0.1, -0.05) is 6.42 Å². The van der Waals surface area contributed by atoms with E-state index in [1.165, 1.54) is 19.3 Å². The van der Waals surface area contributed by atoms with E-state index >= 15 is 0 Å². The van der Waals surface area contributed by atoms with Crippen molar-refractivity contribution in [2.45, 2.75) is 19.3 Å². The first-order chi connectivity index (χ1) is 6.88. The molecule has 1 saturated carbocycles. The first-order valence-corrected chi connectivity index (χ1v) is 5.13. The van der Waals surface area contributed by atoms with E-state index in [9.17, 15) is 0 Å². The number of hydrogen-bond acceptors (Lipinski definition) is 4. The van der Waals surface area contributed by atoms with Crippen LogP contribution in [0.25, 0.3) is 0 Å². The lowest BCUT2D eigenvalue weighted by atomic mass is 9.85. The van der Waals surface area contributed by atoms with Crippen molar-refractivity contribution >= 4 is 11.8 Å². The molecule has 1 aliphatic rings. The monoisotopic (exact) mass is 192 g/mol. The summed E-state index contributed by atoms with van der Waals surface area (Å²) in [5.41, 5.74) is 0. The van der Waals surface area contributed by atoms with Crippen LogP contribution < -0.4 is 10.6 Å². The standard InChI is InChI=1S/C10H16N4/c1-11-10-12-6-5-9(14-10)13-7-8-3-2-4-8/h5-6,8H,2-4,7H2,1H3,(H2,11,12,13,14). The smallest absolute Gasteiger partial charge is 0.224 e. The molecule has 4 nitrogen and oxygen atoms in total. The van der Waals surface area contributed by atoms with E-state index in [2.05, 4.69) is 20.6 Å². The molecule has 0 bridgehead atoms. The minimum Gasteiger partial charge on any atom is -0.370 e. The van der Waals surface area contributed by atoms with E-state index in [4.69, 9.17) is 0 Å². The lowest BCUT2D eigenvalue weighted by Crippen LogP contribution is -2.21. The SMILES string of the molecule is CNc1nccc(NCC2CCC2)n1. The van der Waals surface area contributed by atoms with Gasteiger partial charge in [-0.05, 0) is 24.8 Å². The number of hydrogen-bond donors (Lipinski definition) is 2. The summed E-state index contributed by atoms with van der Waals surface area (Å²) in [6, 6.07) is 1.90. The first-order valence-electron chi connectivity index (χ1n) is 5.13. The largest absolute Gasteiger partial charge is 0.370 e. The molecule has 1 fully saturated rings. The topological polar surface area (TPSA) is 49.8 Å². The third-order valence-electron chi connectivity index (χ3n) is 2.68. The molecule has 1 aliphatic carbocycles. The Hall–Kier alpha value is -1.32. The van der Waals surface area contributed by atoms with Gasteiger partial charge in [-0.25, -0.2) is 4.98 Å². The molecule has 0 aromatic carbocycles. The van der Waals surface area contributed by atoms with Gasteiger partial charge in [-0.3, -0.25) is 0 Å². The van der Waals surface area contributed by atoms with Crippen LogP contribution in [0.15, 0.2) is 12.3 Å². The number of nitrogens with one attached hydrogen (secondary N) is 2. The highest BCUT2D eigenvalue weighted by molar-refractivity contribution is 5.39. The molecule has 14 heavy (non-hydrogen) atoms. The molecule has 2 rings (SSSR count). The van der Waals surface area contributed by atoms with Gasteiger partial charge in [-0.15, -0.1) is 0 Å². The number of anilines is 2. The lowest BCUT2D eigenvalue weighted by Gasteiger charge is -2.25. The predicted octanol–water partition coefficient (Wildman–Crippen LogP) is 1.73. The molecule has 0 saturated heterocycles. The Morgan fingerprint density at radius 3 is 3.00 bits per heavy atom. The van der Waals surface area contributed by atoms with E-state index in [0.29, 0.717) is 5.95 Å². The van der Waals surface area contributed by atoms with Gasteiger partial charge in [0.1, 0.15) is 5.82 Å².